The van der Waals surface area contributed by atoms with Gasteiger partial charge in [-0.15, -0.1) is 0 Å². The van der Waals surface area contributed by atoms with Gasteiger partial charge in [-0.3, -0.25) is 9.59 Å². The van der Waals surface area contributed by atoms with Crippen LogP contribution in [-0.4, -0.2) is 34.7 Å². The van der Waals surface area contributed by atoms with Crippen LogP contribution in [0.15, 0.2) is 77.4 Å². The number of benzene rings is 2. The highest BCUT2D eigenvalue weighted by atomic mass is 19.4. The summed E-state index contributed by atoms with van der Waals surface area (Å²) in [7, 11) is 0. The van der Waals surface area contributed by atoms with E-state index < -0.39 is 17.6 Å². The second kappa shape index (κ2) is 10.8. The van der Waals surface area contributed by atoms with Crippen LogP contribution in [-0.2, 0) is 24.1 Å². The van der Waals surface area contributed by atoms with E-state index >= 15 is 0 Å². The van der Waals surface area contributed by atoms with E-state index in [9.17, 15) is 22.8 Å². The van der Waals surface area contributed by atoms with Crippen molar-refractivity contribution in [1.82, 2.24) is 9.80 Å². The van der Waals surface area contributed by atoms with Crippen molar-refractivity contribution in [3.05, 3.63) is 95.4 Å². The number of halogens is 3. The lowest BCUT2D eigenvalue weighted by atomic mass is 10.1. The van der Waals surface area contributed by atoms with Crippen molar-refractivity contribution in [3.63, 3.8) is 0 Å². The molecule has 1 aromatic heterocycles. The van der Waals surface area contributed by atoms with Gasteiger partial charge in [-0.05, 0) is 48.4 Å². The quantitative estimate of drug-likeness (QED) is 0.433. The van der Waals surface area contributed by atoms with Crippen molar-refractivity contribution >= 4 is 11.8 Å². The number of carbonyl (C=O) groups is 2. The molecule has 8 heteroatoms. The molecule has 0 spiro atoms. The van der Waals surface area contributed by atoms with Gasteiger partial charge < -0.3 is 14.2 Å². The molecule has 0 saturated carbocycles. The molecule has 0 bridgehead atoms. The smallest absolute Gasteiger partial charge is 0.416 e. The third-order valence-corrected chi connectivity index (χ3v) is 5.06. The summed E-state index contributed by atoms with van der Waals surface area (Å²) >= 11 is 0. The predicted molar refractivity (Wildman–Crippen MR) is 117 cm³/mol. The number of alkyl halides is 3. The maximum atomic E-state index is 13.2. The molecule has 0 fully saturated rings. The number of furan rings is 1. The van der Waals surface area contributed by atoms with Gasteiger partial charge in [0.1, 0.15) is 12.3 Å². The Morgan fingerprint density at radius 2 is 1.58 bits per heavy atom. The molecule has 174 valence electrons. The molecule has 3 aromatic rings. The highest BCUT2D eigenvalue weighted by molar-refractivity contribution is 5.96. The van der Waals surface area contributed by atoms with Crippen LogP contribution >= 0.6 is 0 Å². The second-order valence-electron chi connectivity index (χ2n) is 7.62. The van der Waals surface area contributed by atoms with Crippen molar-refractivity contribution in [2.24, 2.45) is 0 Å². The van der Waals surface area contributed by atoms with Gasteiger partial charge in [0.2, 0.25) is 5.91 Å². The minimum atomic E-state index is -4.48. The Morgan fingerprint density at radius 3 is 2.15 bits per heavy atom. The number of nitrogens with zero attached hydrogens (tertiary/aromatic N) is 2. The van der Waals surface area contributed by atoms with Gasteiger partial charge in [0, 0.05) is 18.7 Å². The molecule has 1 heterocycles. The fourth-order valence-electron chi connectivity index (χ4n) is 3.40. The summed E-state index contributed by atoms with van der Waals surface area (Å²) in [5.74, 6) is -0.170. The van der Waals surface area contributed by atoms with E-state index in [0.717, 1.165) is 29.8 Å². The molecule has 3 rings (SSSR count). The second-order valence-corrected chi connectivity index (χ2v) is 7.62. The van der Waals surface area contributed by atoms with Gasteiger partial charge in [-0.1, -0.05) is 37.3 Å². The van der Waals surface area contributed by atoms with Crippen molar-refractivity contribution in [3.8, 4) is 0 Å². The molecular formula is C25H25F3N2O3. The zero-order valence-corrected chi connectivity index (χ0v) is 18.2. The third kappa shape index (κ3) is 6.71. The van der Waals surface area contributed by atoms with Gasteiger partial charge in [-0.2, -0.15) is 13.2 Å². The van der Waals surface area contributed by atoms with Crippen LogP contribution in [0.4, 0.5) is 13.2 Å². The molecule has 5 nitrogen and oxygen atoms in total. The SMILES string of the molecule is CCCN(CC(=O)N(Cc1ccccc1)Cc1ccco1)C(=O)c1ccc(C(F)(F)F)cc1. The molecule has 0 radical (unpaired) electrons. The molecule has 0 atom stereocenters. The van der Waals surface area contributed by atoms with Gasteiger partial charge in [0.25, 0.3) is 5.91 Å². The summed E-state index contributed by atoms with van der Waals surface area (Å²) in [5, 5.41) is 0. The Bertz CT molecular complexity index is 1030. The number of carbonyl (C=O) groups excluding carboxylic acids is 2. The topological polar surface area (TPSA) is 53.8 Å². The van der Waals surface area contributed by atoms with Crippen molar-refractivity contribution < 1.29 is 27.2 Å². The first-order valence-corrected chi connectivity index (χ1v) is 10.6. The van der Waals surface area contributed by atoms with Crippen LogP contribution in [0.2, 0.25) is 0 Å². The van der Waals surface area contributed by atoms with E-state index in [0.29, 0.717) is 25.3 Å². The highest BCUT2D eigenvalue weighted by Crippen LogP contribution is 2.29. The van der Waals surface area contributed by atoms with Gasteiger partial charge in [-0.25, -0.2) is 0 Å². The normalized spacial score (nSPS) is 11.3. The largest absolute Gasteiger partial charge is 0.467 e. The molecule has 2 amide bonds. The van der Waals surface area contributed by atoms with Crippen LogP contribution in [0.3, 0.4) is 0 Å². The summed E-state index contributed by atoms with van der Waals surface area (Å²) in [6.45, 7) is 2.53. The number of hydrogen-bond donors (Lipinski definition) is 0. The van der Waals surface area contributed by atoms with Gasteiger partial charge in [0.05, 0.1) is 18.4 Å². The van der Waals surface area contributed by atoms with E-state index in [1.165, 1.54) is 11.2 Å². The highest BCUT2D eigenvalue weighted by Gasteiger charge is 2.30. The fraction of sp³-hybridized carbons (Fsp3) is 0.280. The fourth-order valence-corrected chi connectivity index (χ4v) is 3.40. The third-order valence-electron chi connectivity index (χ3n) is 5.06. The van der Waals surface area contributed by atoms with Gasteiger partial charge in [0.15, 0.2) is 0 Å². The lowest BCUT2D eigenvalue weighted by Crippen LogP contribution is -2.42. The molecule has 0 N–H and O–H groups in total. The average Bonchev–Trinajstić information content (AvgIpc) is 3.31. The maximum Gasteiger partial charge on any atom is 0.416 e. The summed E-state index contributed by atoms with van der Waals surface area (Å²) in [6.07, 6.45) is -2.36. The van der Waals surface area contributed by atoms with Crippen molar-refractivity contribution in [1.29, 1.82) is 0 Å². The van der Waals surface area contributed by atoms with E-state index in [2.05, 4.69) is 0 Å². The van der Waals surface area contributed by atoms with Gasteiger partial charge >= 0.3 is 6.18 Å². The van der Waals surface area contributed by atoms with Crippen LogP contribution in [0.5, 0.6) is 0 Å². The summed E-state index contributed by atoms with van der Waals surface area (Å²) in [4.78, 5) is 29.2. The number of rotatable bonds is 9. The molecule has 2 aromatic carbocycles. The Kier molecular flexibility index (Phi) is 7.92. The standard InChI is InChI=1S/C25H25F3N2O3/c1-2-14-29(24(32)20-10-12-21(13-11-20)25(26,27)28)18-23(31)30(17-22-9-6-15-33-22)16-19-7-4-3-5-8-19/h3-13,15H,2,14,16-18H2,1H3. The van der Waals surface area contributed by atoms with Crippen molar-refractivity contribution in [2.45, 2.75) is 32.6 Å². The lowest BCUT2D eigenvalue weighted by Gasteiger charge is -2.27. The molecule has 0 aliphatic carbocycles. The first-order valence-electron chi connectivity index (χ1n) is 10.6. The first kappa shape index (κ1) is 24.1. The average molecular weight is 458 g/mol. The zero-order valence-electron chi connectivity index (χ0n) is 18.2. The van der Waals surface area contributed by atoms with E-state index in [1.54, 1.807) is 17.0 Å². The Balaban J connectivity index is 1.77. The van der Waals surface area contributed by atoms with E-state index in [1.807, 2.05) is 37.3 Å². The number of hydrogen-bond acceptors (Lipinski definition) is 3. The van der Waals surface area contributed by atoms with Crippen LogP contribution < -0.4 is 0 Å². The molecule has 0 aliphatic heterocycles. The lowest BCUT2D eigenvalue weighted by molar-refractivity contribution is -0.137. The molecule has 0 saturated heterocycles. The Hall–Kier alpha value is -3.55. The zero-order chi connectivity index (χ0) is 23.8. The molecule has 33 heavy (non-hydrogen) atoms. The maximum absolute atomic E-state index is 13.2. The van der Waals surface area contributed by atoms with Crippen molar-refractivity contribution in [2.75, 3.05) is 13.1 Å². The summed E-state index contributed by atoms with van der Waals surface area (Å²) in [5.41, 5.74) is 0.197. The van der Waals surface area contributed by atoms with Crippen LogP contribution in [0.1, 0.15) is 40.6 Å². The number of amides is 2. The Labute approximate surface area is 190 Å². The minimum absolute atomic E-state index is 0.102. The van der Waals surface area contributed by atoms with E-state index in [4.69, 9.17) is 4.42 Å². The Morgan fingerprint density at radius 1 is 0.879 bits per heavy atom. The monoisotopic (exact) mass is 458 g/mol. The molecule has 0 unspecified atom stereocenters. The summed E-state index contributed by atoms with van der Waals surface area (Å²) in [6, 6.07) is 17.0. The van der Waals surface area contributed by atoms with Crippen LogP contribution in [0.25, 0.3) is 0 Å². The minimum Gasteiger partial charge on any atom is -0.467 e. The predicted octanol–water partition coefficient (Wildman–Crippen LogP) is 5.38. The molecule has 0 aliphatic rings. The summed E-state index contributed by atoms with van der Waals surface area (Å²) < 4.78 is 43.9. The van der Waals surface area contributed by atoms with Crippen LogP contribution in [0, 0.1) is 0 Å². The van der Waals surface area contributed by atoms with E-state index in [-0.39, 0.29) is 24.6 Å². The molecular weight excluding hydrogens is 433 g/mol. The first-order chi connectivity index (χ1) is 15.8.